The summed E-state index contributed by atoms with van der Waals surface area (Å²) in [6.45, 7) is 3.83. The second-order valence-electron chi connectivity index (χ2n) is 7.15. The number of sulfonamides is 1. The molecule has 0 aromatic heterocycles. The quantitative estimate of drug-likeness (QED) is 0.535. The maximum Gasteiger partial charge on any atom is 0.265 e. The summed E-state index contributed by atoms with van der Waals surface area (Å²) in [6, 6.07) is 20.8. The number of ether oxygens (including phenoxy) is 1. The number of methoxy groups -OCH3 is 1. The smallest absolute Gasteiger partial charge is 0.265 e. The molecule has 3 rings (SSSR count). The van der Waals surface area contributed by atoms with Gasteiger partial charge in [-0.1, -0.05) is 55.5 Å². The topological polar surface area (TPSA) is 84.5 Å². The third-order valence-electron chi connectivity index (χ3n) is 4.94. The molecule has 7 heteroatoms. The van der Waals surface area contributed by atoms with E-state index in [4.69, 9.17) is 4.74 Å². The van der Waals surface area contributed by atoms with Crippen molar-refractivity contribution >= 4 is 21.6 Å². The monoisotopic (exact) mass is 438 g/mol. The molecule has 0 saturated carbocycles. The number of carbonyl (C=O) groups excluding carboxylic acids is 1. The first-order valence-electron chi connectivity index (χ1n) is 9.98. The summed E-state index contributed by atoms with van der Waals surface area (Å²) >= 11 is 0. The fraction of sp³-hybridized carbons (Fsp3) is 0.208. The minimum Gasteiger partial charge on any atom is -0.495 e. The molecule has 0 saturated heterocycles. The minimum absolute atomic E-state index is 0.00605. The fourth-order valence-corrected chi connectivity index (χ4v) is 4.54. The zero-order valence-corrected chi connectivity index (χ0v) is 18.6. The number of amides is 1. The average molecular weight is 439 g/mol. The van der Waals surface area contributed by atoms with Gasteiger partial charge in [-0.25, -0.2) is 8.42 Å². The van der Waals surface area contributed by atoms with E-state index in [2.05, 4.69) is 10.0 Å². The van der Waals surface area contributed by atoms with Crippen LogP contribution in [0.1, 0.15) is 40.9 Å². The van der Waals surface area contributed by atoms with Crippen molar-refractivity contribution in [1.82, 2.24) is 5.32 Å². The highest BCUT2D eigenvalue weighted by molar-refractivity contribution is 7.92. The Morgan fingerprint density at radius 1 is 1.00 bits per heavy atom. The Hall–Kier alpha value is -3.32. The van der Waals surface area contributed by atoms with Crippen LogP contribution in [0.4, 0.5) is 5.69 Å². The molecule has 6 nitrogen and oxygen atoms in total. The molecule has 0 aliphatic rings. The van der Waals surface area contributed by atoms with Crippen molar-refractivity contribution in [2.45, 2.75) is 31.2 Å². The van der Waals surface area contributed by atoms with Crippen LogP contribution in [0.15, 0.2) is 77.7 Å². The van der Waals surface area contributed by atoms with Crippen LogP contribution in [0.5, 0.6) is 5.75 Å². The van der Waals surface area contributed by atoms with Gasteiger partial charge in [-0.15, -0.1) is 0 Å². The molecule has 2 N–H and O–H groups in total. The van der Waals surface area contributed by atoms with Crippen LogP contribution in [-0.2, 0) is 10.0 Å². The van der Waals surface area contributed by atoms with Crippen molar-refractivity contribution in [3.05, 3.63) is 89.5 Å². The summed E-state index contributed by atoms with van der Waals surface area (Å²) in [7, 11) is -2.55. The normalized spacial score (nSPS) is 12.1. The second-order valence-corrected chi connectivity index (χ2v) is 8.80. The van der Waals surface area contributed by atoms with Gasteiger partial charge < -0.3 is 10.1 Å². The molecule has 3 aromatic carbocycles. The van der Waals surface area contributed by atoms with Gasteiger partial charge in [-0.3, -0.25) is 9.52 Å². The van der Waals surface area contributed by atoms with Crippen molar-refractivity contribution in [3.63, 3.8) is 0 Å². The number of anilines is 1. The number of benzene rings is 3. The highest BCUT2D eigenvalue weighted by Crippen LogP contribution is 2.28. The predicted molar refractivity (Wildman–Crippen MR) is 122 cm³/mol. The van der Waals surface area contributed by atoms with Crippen LogP contribution < -0.4 is 14.8 Å². The van der Waals surface area contributed by atoms with Gasteiger partial charge in [0.1, 0.15) is 10.6 Å². The molecule has 0 heterocycles. The number of hydrogen-bond donors (Lipinski definition) is 2. The lowest BCUT2D eigenvalue weighted by Crippen LogP contribution is -2.29. The van der Waals surface area contributed by atoms with E-state index in [0.29, 0.717) is 6.42 Å². The van der Waals surface area contributed by atoms with Gasteiger partial charge in [0.25, 0.3) is 15.9 Å². The van der Waals surface area contributed by atoms with Crippen LogP contribution >= 0.6 is 0 Å². The molecular formula is C24H26N2O4S. The first kappa shape index (κ1) is 22.4. The SMILES string of the molecule is CCC(NC(=O)c1ccccc1NS(=O)(=O)c1ccc(C)cc1OC)c1ccccc1. The van der Waals surface area contributed by atoms with Crippen LogP contribution in [0, 0.1) is 6.92 Å². The third kappa shape index (κ3) is 5.24. The molecule has 1 unspecified atom stereocenters. The van der Waals surface area contributed by atoms with Crippen LogP contribution in [-0.4, -0.2) is 21.4 Å². The Morgan fingerprint density at radius 2 is 1.68 bits per heavy atom. The van der Waals surface area contributed by atoms with Crippen molar-refractivity contribution in [3.8, 4) is 5.75 Å². The Labute approximate surface area is 183 Å². The van der Waals surface area contributed by atoms with Gasteiger partial charge in [0, 0.05) is 0 Å². The molecule has 3 aromatic rings. The Morgan fingerprint density at radius 3 is 2.35 bits per heavy atom. The van der Waals surface area contributed by atoms with Crippen molar-refractivity contribution in [2.24, 2.45) is 0 Å². The van der Waals surface area contributed by atoms with E-state index in [-0.39, 0.29) is 33.8 Å². The summed E-state index contributed by atoms with van der Waals surface area (Å²) in [5.74, 6) is -0.116. The van der Waals surface area contributed by atoms with Crippen LogP contribution in [0.2, 0.25) is 0 Å². The molecule has 0 fully saturated rings. The standard InChI is InChI=1S/C24H26N2O4S/c1-4-20(18-10-6-5-7-11-18)25-24(27)19-12-8-9-13-21(19)26-31(28,29)23-15-14-17(2)16-22(23)30-3/h5-16,20,26H,4H2,1-3H3,(H,25,27). The number of rotatable bonds is 8. The van der Waals surface area contributed by atoms with E-state index >= 15 is 0 Å². The lowest BCUT2D eigenvalue weighted by Gasteiger charge is -2.19. The van der Waals surface area contributed by atoms with E-state index in [9.17, 15) is 13.2 Å². The van der Waals surface area contributed by atoms with Gasteiger partial charge >= 0.3 is 0 Å². The lowest BCUT2D eigenvalue weighted by molar-refractivity contribution is 0.0936. The van der Waals surface area contributed by atoms with Crippen molar-refractivity contribution in [2.75, 3.05) is 11.8 Å². The maximum absolute atomic E-state index is 13.0. The van der Waals surface area contributed by atoms with E-state index < -0.39 is 10.0 Å². The molecule has 1 atom stereocenters. The highest BCUT2D eigenvalue weighted by Gasteiger charge is 2.23. The zero-order valence-electron chi connectivity index (χ0n) is 17.8. The van der Waals surface area contributed by atoms with Gasteiger partial charge in [0.05, 0.1) is 24.4 Å². The number of para-hydroxylation sites is 1. The highest BCUT2D eigenvalue weighted by atomic mass is 32.2. The Bertz CT molecular complexity index is 1160. The summed E-state index contributed by atoms with van der Waals surface area (Å²) < 4.78 is 33.9. The molecule has 0 spiro atoms. The zero-order chi connectivity index (χ0) is 22.4. The summed E-state index contributed by atoms with van der Waals surface area (Å²) in [4.78, 5) is 13.0. The molecule has 0 aliphatic heterocycles. The molecule has 0 bridgehead atoms. The summed E-state index contributed by atoms with van der Waals surface area (Å²) in [6.07, 6.45) is 0.699. The molecule has 31 heavy (non-hydrogen) atoms. The van der Waals surface area contributed by atoms with Gasteiger partial charge in [-0.05, 0) is 48.7 Å². The van der Waals surface area contributed by atoms with Crippen LogP contribution in [0.25, 0.3) is 0 Å². The number of carbonyl (C=O) groups is 1. The van der Waals surface area contributed by atoms with E-state index in [0.717, 1.165) is 11.1 Å². The maximum atomic E-state index is 13.0. The Kier molecular flexibility index (Phi) is 6.97. The first-order valence-corrected chi connectivity index (χ1v) is 11.5. The average Bonchev–Trinajstić information content (AvgIpc) is 2.77. The molecular weight excluding hydrogens is 412 g/mol. The largest absolute Gasteiger partial charge is 0.495 e. The van der Waals surface area contributed by atoms with Gasteiger partial charge in [0.15, 0.2) is 0 Å². The fourth-order valence-electron chi connectivity index (χ4n) is 3.31. The Balaban J connectivity index is 1.89. The third-order valence-corrected chi connectivity index (χ3v) is 6.35. The van der Waals surface area contributed by atoms with Crippen LogP contribution in [0.3, 0.4) is 0 Å². The van der Waals surface area contributed by atoms with Gasteiger partial charge in [-0.2, -0.15) is 0 Å². The van der Waals surface area contributed by atoms with Crippen molar-refractivity contribution < 1.29 is 17.9 Å². The molecule has 0 radical (unpaired) electrons. The summed E-state index contributed by atoms with van der Waals surface area (Å²) in [5.41, 5.74) is 2.31. The van der Waals surface area contributed by atoms with E-state index in [1.54, 1.807) is 36.4 Å². The summed E-state index contributed by atoms with van der Waals surface area (Å²) in [5, 5.41) is 3.00. The van der Waals surface area contributed by atoms with E-state index in [1.165, 1.54) is 13.2 Å². The molecule has 0 aliphatic carbocycles. The lowest BCUT2D eigenvalue weighted by atomic mass is 10.0. The predicted octanol–water partition coefficient (Wildman–Crippen LogP) is 4.69. The van der Waals surface area contributed by atoms with E-state index in [1.807, 2.05) is 44.2 Å². The number of hydrogen-bond acceptors (Lipinski definition) is 4. The number of nitrogens with one attached hydrogen (secondary N) is 2. The molecule has 162 valence electrons. The minimum atomic E-state index is -3.97. The van der Waals surface area contributed by atoms with Crippen molar-refractivity contribution in [1.29, 1.82) is 0 Å². The number of aryl methyl sites for hydroxylation is 1. The first-order chi connectivity index (χ1) is 14.9. The van der Waals surface area contributed by atoms with Gasteiger partial charge in [0.2, 0.25) is 0 Å². The molecule has 1 amide bonds. The second kappa shape index (κ2) is 9.66.